The average Bonchev–Trinajstić information content (AvgIpc) is 3.17. The molecule has 0 saturated heterocycles. The van der Waals surface area contributed by atoms with Crippen LogP contribution in [0, 0.1) is 5.82 Å². The maximum Gasteiger partial charge on any atom is 0.204 e. The van der Waals surface area contributed by atoms with Crippen molar-refractivity contribution < 1.29 is 18.6 Å². The summed E-state index contributed by atoms with van der Waals surface area (Å²) in [5.74, 6) is 1.90. The number of aromatic amines is 1. The number of ether oxygens (including phenoxy) is 3. The topological polar surface area (TPSA) is 46.7 Å². The molecule has 1 aromatic heterocycles. The first-order valence-electron chi connectivity index (χ1n) is 9.86. The van der Waals surface area contributed by atoms with Gasteiger partial charge in [0.05, 0.1) is 7.11 Å². The van der Waals surface area contributed by atoms with Gasteiger partial charge in [0.15, 0.2) is 11.5 Å². The number of hydrogen-bond donors (Lipinski definition) is 1. The van der Waals surface area contributed by atoms with Crippen LogP contribution in [0.25, 0.3) is 16.5 Å². The highest BCUT2D eigenvalue weighted by molar-refractivity contribution is 5.92. The number of benzene rings is 2. The summed E-state index contributed by atoms with van der Waals surface area (Å²) in [6.45, 7) is 3.06. The fourth-order valence-corrected chi connectivity index (χ4v) is 4.13. The lowest BCUT2D eigenvalue weighted by atomic mass is 9.98. The molecule has 2 aliphatic rings. The molecule has 150 valence electrons. The number of nitrogens with zero attached hydrogens (tertiary/aromatic N) is 1. The SMILES string of the molecule is COc1cccc2c1OC(CN1CC=C(c3c[nH]c4ccc(F)cc34)CC1)CO2. The van der Waals surface area contributed by atoms with Gasteiger partial charge in [-0.1, -0.05) is 12.1 Å². The molecule has 3 aromatic rings. The number of nitrogens with one attached hydrogen (secondary N) is 1. The third-order valence-corrected chi connectivity index (χ3v) is 5.62. The summed E-state index contributed by atoms with van der Waals surface area (Å²) in [4.78, 5) is 5.59. The van der Waals surface area contributed by atoms with Crippen LogP contribution in [-0.4, -0.2) is 49.3 Å². The summed E-state index contributed by atoms with van der Waals surface area (Å²) in [5.41, 5.74) is 3.31. The fourth-order valence-electron chi connectivity index (χ4n) is 4.13. The van der Waals surface area contributed by atoms with Crippen LogP contribution >= 0.6 is 0 Å². The molecule has 0 aliphatic carbocycles. The largest absolute Gasteiger partial charge is 0.493 e. The van der Waals surface area contributed by atoms with Crippen molar-refractivity contribution in [3.05, 3.63) is 60.1 Å². The van der Waals surface area contributed by atoms with Crippen LogP contribution in [0.2, 0.25) is 0 Å². The molecule has 2 aromatic carbocycles. The van der Waals surface area contributed by atoms with Gasteiger partial charge in [-0.05, 0) is 42.3 Å². The lowest BCUT2D eigenvalue weighted by Gasteiger charge is -2.33. The van der Waals surface area contributed by atoms with Crippen LogP contribution in [-0.2, 0) is 0 Å². The number of fused-ring (bicyclic) bond motifs is 2. The molecule has 1 N–H and O–H groups in total. The number of aromatic nitrogens is 1. The number of H-pyrrole nitrogens is 1. The molecule has 1 unspecified atom stereocenters. The standard InChI is InChI=1S/C23H23FN2O3/c1-27-21-3-2-4-22-23(21)29-17(14-28-22)13-26-9-7-15(8-10-26)19-12-25-20-6-5-16(24)11-18(19)20/h2-7,11-12,17,25H,8-10,13-14H2,1H3. The van der Waals surface area contributed by atoms with E-state index in [1.165, 1.54) is 11.6 Å². The van der Waals surface area contributed by atoms with E-state index >= 15 is 0 Å². The predicted molar refractivity (Wildman–Crippen MR) is 110 cm³/mol. The second-order valence-electron chi connectivity index (χ2n) is 7.47. The zero-order valence-corrected chi connectivity index (χ0v) is 16.3. The minimum Gasteiger partial charge on any atom is -0.493 e. The van der Waals surface area contributed by atoms with E-state index in [2.05, 4.69) is 16.0 Å². The van der Waals surface area contributed by atoms with Crippen LogP contribution in [0.5, 0.6) is 17.2 Å². The summed E-state index contributed by atoms with van der Waals surface area (Å²) < 4.78 is 31.1. The van der Waals surface area contributed by atoms with E-state index in [1.807, 2.05) is 24.4 Å². The number of rotatable bonds is 4. The van der Waals surface area contributed by atoms with Crippen LogP contribution in [0.15, 0.2) is 48.7 Å². The Hall–Kier alpha value is -2.99. The predicted octanol–water partition coefficient (Wildman–Crippen LogP) is 4.24. The molecule has 0 bridgehead atoms. The van der Waals surface area contributed by atoms with E-state index in [4.69, 9.17) is 14.2 Å². The molecule has 5 rings (SSSR count). The Morgan fingerprint density at radius 3 is 3.03 bits per heavy atom. The van der Waals surface area contributed by atoms with Gasteiger partial charge in [0.2, 0.25) is 5.75 Å². The van der Waals surface area contributed by atoms with Crippen molar-refractivity contribution in [2.24, 2.45) is 0 Å². The molecule has 0 spiro atoms. The van der Waals surface area contributed by atoms with Gasteiger partial charge < -0.3 is 19.2 Å². The summed E-state index contributed by atoms with van der Waals surface area (Å²) in [6.07, 6.45) is 5.08. The van der Waals surface area contributed by atoms with E-state index < -0.39 is 0 Å². The molecule has 3 heterocycles. The van der Waals surface area contributed by atoms with Crippen molar-refractivity contribution >= 4 is 16.5 Å². The van der Waals surface area contributed by atoms with Crippen LogP contribution < -0.4 is 14.2 Å². The molecular formula is C23H23FN2O3. The molecule has 0 amide bonds. The van der Waals surface area contributed by atoms with Crippen LogP contribution in [0.3, 0.4) is 0 Å². The number of methoxy groups -OCH3 is 1. The van der Waals surface area contributed by atoms with Crippen molar-refractivity contribution in [3.63, 3.8) is 0 Å². The van der Waals surface area contributed by atoms with E-state index in [9.17, 15) is 4.39 Å². The zero-order valence-electron chi connectivity index (χ0n) is 16.3. The van der Waals surface area contributed by atoms with Gasteiger partial charge in [-0.2, -0.15) is 0 Å². The monoisotopic (exact) mass is 394 g/mol. The third-order valence-electron chi connectivity index (χ3n) is 5.62. The molecule has 5 nitrogen and oxygen atoms in total. The van der Waals surface area contributed by atoms with Crippen molar-refractivity contribution in [3.8, 4) is 17.2 Å². The van der Waals surface area contributed by atoms with Gasteiger partial charge in [-0.25, -0.2) is 4.39 Å². The lowest BCUT2D eigenvalue weighted by Crippen LogP contribution is -2.42. The van der Waals surface area contributed by atoms with E-state index in [0.717, 1.165) is 48.3 Å². The highest BCUT2D eigenvalue weighted by Gasteiger charge is 2.27. The normalized spacial score (nSPS) is 19.2. The van der Waals surface area contributed by atoms with Gasteiger partial charge in [-0.3, -0.25) is 4.90 Å². The summed E-state index contributed by atoms with van der Waals surface area (Å²) in [7, 11) is 1.64. The Morgan fingerprint density at radius 2 is 2.21 bits per heavy atom. The van der Waals surface area contributed by atoms with Gasteiger partial charge in [-0.15, -0.1) is 0 Å². The first-order chi connectivity index (χ1) is 14.2. The molecule has 0 radical (unpaired) electrons. The minimum absolute atomic E-state index is 0.0454. The van der Waals surface area contributed by atoms with Crippen molar-refractivity contribution in [2.75, 3.05) is 33.4 Å². The Balaban J connectivity index is 1.27. The Kier molecular flexibility index (Phi) is 4.64. The number of halogens is 1. The molecule has 2 aliphatic heterocycles. The second kappa shape index (κ2) is 7.44. The van der Waals surface area contributed by atoms with E-state index in [1.54, 1.807) is 19.2 Å². The summed E-state index contributed by atoms with van der Waals surface area (Å²) in [5, 5.41) is 0.942. The quantitative estimate of drug-likeness (QED) is 0.719. The maximum absolute atomic E-state index is 13.7. The van der Waals surface area contributed by atoms with Crippen molar-refractivity contribution in [1.29, 1.82) is 0 Å². The molecule has 6 heteroatoms. The molecular weight excluding hydrogens is 371 g/mol. The third kappa shape index (κ3) is 3.44. The highest BCUT2D eigenvalue weighted by Crippen LogP contribution is 2.40. The Morgan fingerprint density at radius 1 is 1.28 bits per heavy atom. The minimum atomic E-state index is -0.207. The van der Waals surface area contributed by atoms with Gasteiger partial charge in [0.1, 0.15) is 18.5 Å². The maximum atomic E-state index is 13.7. The van der Waals surface area contributed by atoms with Crippen LogP contribution in [0.1, 0.15) is 12.0 Å². The van der Waals surface area contributed by atoms with E-state index in [0.29, 0.717) is 18.1 Å². The molecule has 29 heavy (non-hydrogen) atoms. The fraction of sp³-hybridized carbons (Fsp3) is 0.304. The molecule has 0 saturated carbocycles. The lowest BCUT2D eigenvalue weighted by molar-refractivity contribution is 0.0586. The van der Waals surface area contributed by atoms with Crippen molar-refractivity contribution in [1.82, 2.24) is 9.88 Å². The second-order valence-corrected chi connectivity index (χ2v) is 7.47. The first kappa shape index (κ1) is 18.1. The van der Waals surface area contributed by atoms with Crippen molar-refractivity contribution in [2.45, 2.75) is 12.5 Å². The molecule has 1 atom stereocenters. The van der Waals surface area contributed by atoms with Gasteiger partial charge in [0, 0.05) is 42.3 Å². The zero-order chi connectivity index (χ0) is 19.8. The Bertz CT molecular complexity index is 1060. The average molecular weight is 394 g/mol. The smallest absolute Gasteiger partial charge is 0.204 e. The number of hydrogen-bond acceptors (Lipinski definition) is 4. The Labute approximate surface area is 168 Å². The highest BCUT2D eigenvalue weighted by atomic mass is 19.1. The molecule has 0 fully saturated rings. The summed E-state index contributed by atoms with van der Waals surface area (Å²) in [6, 6.07) is 10.6. The van der Waals surface area contributed by atoms with Gasteiger partial charge >= 0.3 is 0 Å². The van der Waals surface area contributed by atoms with Crippen LogP contribution in [0.4, 0.5) is 4.39 Å². The van der Waals surface area contributed by atoms with Gasteiger partial charge in [0.25, 0.3) is 0 Å². The van der Waals surface area contributed by atoms with E-state index in [-0.39, 0.29) is 11.9 Å². The number of para-hydroxylation sites is 1. The summed E-state index contributed by atoms with van der Waals surface area (Å²) >= 11 is 0. The first-order valence-corrected chi connectivity index (χ1v) is 9.86.